The molecule has 0 fully saturated rings. The number of hydrogen-bond donors (Lipinski definition) is 3. The molecule has 1 aromatic carbocycles. The maximum absolute atomic E-state index is 11.2. The highest BCUT2D eigenvalue weighted by atomic mass is 16.6. The number of nitrogens with one attached hydrogen (secondary N) is 2. The predicted molar refractivity (Wildman–Crippen MR) is 74.8 cm³/mol. The van der Waals surface area contributed by atoms with Crippen molar-refractivity contribution in [2.45, 2.75) is 6.04 Å². The van der Waals surface area contributed by atoms with E-state index in [-0.39, 0.29) is 23.4 Å². The fourth-order valence-corrected chi connectivity index (χ4v) is 2.21. The zero-order valence-electron chi connectivity index (χ0n) is 10.8. The molecule has 4 N–H and O–H groups in total. The second-order valence-corrected chi connectivity index (χ2v) is 4.37. The lowest BCUT2D eigenvalue weighted by molar-refractivity contribution is -0.383. The molecule has 0 radical (unpaired) electrons. The van der Waals surface area contributed by atoms with Crippen LogP contribution in [0.3, 0.4) is 0 Å². The van der Waals surface area contributed by atoms with E-state index in [4.69, 9.17) is 10.6 Å². The van der Waals surface area contributed by atoms with Gasteiger partial charge in [0.1, 0.15) is 18.7 Å². The van der Waals surface area contributed by atoms with Crippen molar-refractivity contribution >= 4 is 17.3 Å². The Morgan fingerprint density at radius 3 is 2.86 bits per heavy atom. The summed E-state index contributed by atoms with van der Waals surface area (Å²) in [5, 5.41) is 14.2. The summed E-state index contributed by atoms with van der Waals surface area (Å²) >= 11 is 0. The highest BCUT2D eigenvalue weighted by Crippen LogP contribution is 2.36. The minimum absolute atomic E-state index is 0.0512. The Morgan fingerprint density at radius 2 is 2.10 bits per heavy atom. The summed E-state index contributed by atoms with van der Waals surface area (Å²) in [6, 6.07) is 7.27. The molecule has 1 aliphatic rings. The Balaban J connectivity index is 1.95. The lowest BCUT2D eigenvalue weighted by atomic mass is 10.1. The largest absolute Gasteiger partial charge is 0.491 e. The van der Waals surface area contributed by atoms with Gasteiger partial charge >= 0.3 is 5.69 Å². The van der Waals surface area contributed by atoms with Crippen LogP contribution in [-0.4, -0.2) is 21.5 Å². The highest BCUT2D eigenvalue weighted by molar-refractivity contribution is 5.69. The van der Waals surface area contributed by atoms with Gasteiger partial charge in [0.25, 0.3) is 0 Å². The van der Waals surface area contributed by atoms with Crippen LogP contribution >= 0.6 is 0 Å². The summed E-state index contributed by atoms with van der Waals surface area (Å²) < 4.78 is 5.52. The van der Waals surface area contributed by atoms with Gasteiger partial charge in [0.15, 0.2) is 0 Å². The van der Waals surface area contributed by atoms with Crippen LogP contribution < -0.4 is 21.3 Å². The minimum atomic E-state index is -0.584. The molecule has 1 aliphatic heterocycles. The molecule has 9 heteroatoms. The van der Waals surface area contributed by atoms with Crippen molar-refractivity contribution < 1.29 is 9.66 Å². The van der Waals surface area contributed by atoms with E-state index in [2.05, 4.69) is 20.7 Å². The van der Waals surface area contributed by atoms with Gasteiger partial charge in [-0.3, -0.25) is 10.1 Å². The molecule has 2 aromatic rings. The Morgan fingerprint density at radius 1 is 1.33 bits per heavy atom. The number of nitro groups is 1. The number of hydrogen-bond acceptors (Lipinski definition) is 8. The third kappa shape index (κ3) is 2.30. The Hall–Kier alpha value is -2.94. The molecule has 0 aliphatic carbocycles. The smallest absolute Gasteiger partial charge is 0.354 e. The number of ether oxygens (including phenoxy) is 1. The third-order valence-corrected chi connectivity index (χ3v) is 3.15. The molecular formula is C12H12N6O3. The molecule has 0 amide bonds. The Labute approximate surface area is 119 Å². The van der Waals surface area contributed by atoms with Crippen LogP contribution in [0.1, 0.15) is 11.6 Å². The maximum atomic E-state index is 11.2. The summed E-state index contributed by atoms with van der Waals surface area (Å²) in [7, 11) is 0. The van der Waals surface area contributed by atoms with E-state index in [9.17, 15) is 10.1 Å². The number of aromatic nitrogens is 2. The molecule has 0 saturated carbocycles. The van der Waals surface area contributed by atoms with Gasteiger partial charge < -0.3 is 15.5 Å². The van der Waals surface area contributed by atoms with E-state index >= 15 is 0 Å². The number of para-hydroxylation sites is 1. The van der Waals surface area contributed by atoms with Gasteiger partial charge in [0.2, 0.25) is 11.6 Å². The highest BCUT2D eigenvalue weighted by Gasteiger charge is 2.29. The van der Waals surface area contributed by atoms with Gasteiger partial charge in [-0.15, -0.1) is 0 Å². The first kappa shape index (κ1) is 13.1. The molecule has 1 unspecified atom stereocenters. The third-order valence-electron chi connectivity index (χ3n) is 3.15. The van der Waals surface area contributed by atoms with E-state index in [1.165, 1.54) is 6.33 Å². The molecule has 0 bridgehead atoms. The zero-order chi connectivity index (χ0) is 14.8. The molecule has 9 nitrogen and oxygen atoms in total. The number of anilines is 2. The topological polar surface area (TPSA) is 128 Å². The Bertz CT molecular complexity index is 692. The number of nitrogens with zero attached hydrogens (tertiary/aromatic N) is 3. The average molecular weight is 288 g/mol. The summed E-state index contributed by atoms with van der Waals surface area (Å²) in [6.07, 6.45) is 1.20. The summed E-state index contributed by atoms with van der Waals surface area (Å²) in [6.45, 7) is 0.367. The number of nitrogens with two attached hydrogens (primary N) is 1. The van der Waals surface area contributed by atoms with Crippen LogP contribution in [0.15, 0.2) is 30.6 Å². The molecule has 108 valence electrons. The van der Waals surface area contributed by atoms with Crippen molar-refractivity contribution in [2.75, 3.05) is 17.3 Å². The second-order valence-electron chi connectivity index (χ2n) is 4.37. The molecule has 3 rings (SSSR count). The van der Waals surface area contributed by atoms with Crippen LogP contribution in [-0.2, 0) is 0 Å². The van der Waals surface area contributed by atoms with Gasteiger partial charge in [-0.05, 0) is 6.07 Å². The summed E-state index contributed by atoms with van der Waals surface area (Å²) in [5.41, 5.74) is 2.82. The number of nitrogen functional groups attached to an aromatic ring is 1. The van der Waals surface area contributed by atoms with E-state index < -0.39 is 4.92 Å². The number of fused-ring (bicyclic) bond motifs is 1. The molecular weight excluding hydrogens is 276 g/mol. The van der Waals surface area contributed by atoms with Gasteiger partial charge in [-0.2, -0.15) is 0 Å². The van der Waals surface area contributed by atoms with Crippen molar-refractivity contribution in [3.63, 3.8) is 0 Å². The molecule has 1 atom stereocenters. The molecule has 0 spiro atoms. The maximum Gasteiger partial charge on any atom is 0.354 e. The van der Waals surface area contributed by atoms with Gasteiger partial charge in [0.05, 0.1) is 11.0 Å². The van der Waals surface area contributed by atoms with Crippen LogP contribution in [0.4, 0.5) is 17.3 Å². The van der Waals surface area contributed by atoms with E-state index in [1.807, 2.05) is 24.3 Å². The average Bonchev–Trinajstić information content (AvgIpc) is 2.90. The van der Waals surface area contributed by atoms with Crippen molar-refractivity contribution in [3.8, 4) is 5.75 Å². The summed E-state index contributed by atoms with van der Waals surface area (Å²) in [4.78, 5) is 18.3. The normalized spacial score (nSPS) is 16.0. The Kier molecular flexibility index (Phi) is 3.24. The fraction of sp³-hybridized carbons (Fsp3) is 0.167. The molecule has 21 heavy (non-hydrogen) atoms. The zero-order valence-corrected chi connectivity index (χ0v) is 10.8. The molecule has 0 saturated heterocycles. The lowest BCUT2D eigenvalue weighted by Gasteiger charge is -2.13. The van der Waals surface area contributed by atoms with Crippen LogP contribution in [0.5, 0.6) is 5.75 Å². The van der Waals surface area contributed by atoms with Gasteiger partial charge in [0, 0.05) is 5.56 Å². The molecule has 1 aromatic heterocycles. The van der Waals surface area contributed by atoms with Crippen LogP contribution in [0.25, 0.3) is 0 Å². The first-order chi connectivity index (χ1) is 10.2. The number of benzene rings is 1. The standard InChI is InChI=1S/C12H12N6O3/c13-17-12-10(18(19)20)11(14-6-15-12)16-8-5-21-9-4-2-1-3-7(8)9/h1-4,6,8H,5,13H2,(H2,14,15,16,17). The minimum Gasteiger partial charge on any atom is -0.491 e. The predicted octanol–water partition coefficient (Wildman–Crippen LogP) is 1.22. The SMILES string of the molecule is NNc1ncnc(NC2COc3ccccc32)c1[N+](=O)[O-]. The van der Waals surface area contributed by atoms with E-state index in [1.54, 1.807) is 0 Å². The molecule has 2 heterocycles. The first-order valence-electron chi connectivity index (χ1n) is 6.15. The second kappa shape index (κ2) is 5.21. The fourth-order valence-electron chi connectivity index (χ4n) is 2.21. The van der Waals surface area contributed by atoms with Crippen LogP contribution in [0, 0.1) is 10.1 Å². The number of hydrazine groups is 1. The first-order valence-corrected chi connectivity index (χ1v) is 6.15. The van der Waals surface area contributed by atoms with Crippen molar-refractivity contribution in [3.05, 3.63) is 46.3 Å². The number of rotatable bonds is 4. The monoisotopic (exact) mass is 288 g/mol. The van der Waals surface area contributed by atoms with Gasteiger partial charge in [-0.1, -0.05) is 18.2 Å². The summed E-state index contributed by atoms with van der Waals surface area (Å²) in [5.74, 6) is 6.04. The van der Waals surface area contributed by atoms with E-state index in [0.717, 1.165) is 11.3 Å². The van der Waals surface area contributed by atoms with Crippen LogP contribution in [0.2, 0.25) is 0 Å². The van der Waals surface area contributed by atoms with Crippen molar-refractivity contribution in [1.29, 1.82) is 0 Å². The lowest BCUT2D eigenvalue weighted by Crippen LogP contribution is -2.17. The van der Waals surface area contributed by atoms with Crippen molar-refractivity contribution in [2.24, 2.45) is 5.84 Å². The van der Waals surface area contributed by atoms with Crippen molar-refractivity contribution in [1.82, 2.24) is 9.97 Å². The van der Waals surface area contributed by atoms with E-state index in [0.29, 0.717) is 6.61 Å². The van der Waals surface area contributed by atoms with Gasteiger partial charge in [-0.25, -0.2) is 15.8 Å². The quantitative estimate of drug-likeness (QED) is 0.435.